The van der Waals surface area contributed by atoms with Gasteiger partial charge in [-0.2, -0.15) is 0 Å². The van der Waals surface area contributed by atoms with Crippen LogP contribution in [0.25, 0.3) is 0 Å². The van der Waals surface area contributed by atoms with Crippen LogP contribution >= 0.6 is 0 Å². The molecule has 20 heavy (non-hydrogen) atoms. The minimum atomic E-state index is 0.933. The Labute approximate surface area is 128 Å². The standard InChI is InChI=1S/C11H22N2.C4H10.C3H8/c1-12-7-9-13(10-8-12)11-5-3-2-4-6-11;1-3-4-2;1-3-2/h11H,2-10H2,1H3;3-4H2,1-2H3;3H2,1-2H3. The Hall–Kier alpha value is -0.0800. The predicted octanol–water partition coefficient (Wildman–Crippen LogP) is 4.79. The van der Waals surface area contributed by atoms with E-state index in [1.165, 1.54) is 77.5 Å². The molecule has 122 valence electrons. The lowest BCUT2D eigenvalue weighted by molar-refractivity contribution is 0.0913. The largest absolute Gasteiger partial charge is 0.304 e. The van der Waals surface area contributed by atoms with Crippen molar-refractivity contribution in [1.29, 1.82) is 0 Å². The maximum absolute atomic E-state index is 2.72. The second kappa shape index (κ2) is 13.9. The van der Waals surface area contributed by atoms with Gasteiger partial charge in [-0.25, -0.2) is 0 Å². The summed E-state index contributed by atoms with van der Waals surface area (Å²) in [5.74, 6) is 0. The molecule has 1 saturated carbocycles. The third-order valence-corrected chi connectivity index (χ3v) is 4.13. The number of hydrogen-bond donors (Lipinski definition) is 0. The predicted molar refractivity (Wildman–Crippen MR) is 92.5 cm³/mol. The Morgan fingerprint density at radius 3 is 1.60 bits per heavy atom. The molecular weight excluding hydrogens is 244 g/mol. The van der Waals surface area contributed by atoms with Crippen molar-refractivity contribution in [2.75, 3.05) is 33.2 Å². The second-order valence-corrected chi connectivity index (χ2v) is 6.34. The first-order valence-corrected chi connectivity index (χ1v) is 9.12. The zero-order valence-corrected chi connectivity index (χ0v) is 15.0. The number of likely N-dealkylation sites (N-methyl/N-ethyl adjacent to an activating group) is 1. The van der Waals surface area contributed by atoms with E-state index in [0.29, 0.717) is 0 Å². The van der Waals surface area contributed by atoms with Gasteiger partial charge in [0, 0.05) is 32.2 Å². The molecule has 2 aliphatic rings. The van der Waals surface area contributed by atoms with E-state index < -0.39 is 0 Å². The molecule has 2 heteroatoms. The lowest BCUT2D eigenvalue weighted by Crippen LogP contribution is -2.49. The summed E-state index contributed by atoms with van der Waals surface area (Å²) in [7, 11) is 2.23. The average Bonchev–Trinajstić information content (AvgIpc) is 2.50. The maximum Gasteiger partial charge on any atom is 0.0113 e. The van der Waals surface area contributed by atoms with Crippen LogP contribution in [-0.2, 0) is 0 Å². The van der Waals surface area contributed by atoms with Crippen molar-refractivity contribution in [3.05, 3.63) is 0 Å². The molecule has 0 aromatic carbocycles. The van der Waals surface area contributed by atoms with Crippen molar-refractivity contribution in [2.24, 2.45) is 0 Å². The van der Waals surface area contributed by atoms with Gasteiger partial charge in [0.2, 0.25) is 0 Å². The van der Waals surface area contributed by atoms with Gasteiger partial charge in [-0.15, -0.1) is 0 Å². The molecule has 0 atom stereocenters. The molecule has 1 heterocycles. The SMILES string of the molecule is CCC.CCCC.CN1CCN(C2CCCCC2)CC1. The highest BCUT2D eigenvalue weighted by Crippen LogP contribution is 2.23. The van der Waals surface area contributed by atoms with Gasteiger partial charge < -0.3 is 4.90 Å². The summed E-state index contributed by atoms with van der Waals surface area (Å²) in [5.41, 5.74) is 0. The molecule has 0 radical (unpaired) electrons. The molecule has 1 aliphatic heterocycles. The highest BCUT2D eigenvalue weighted by atomic mass is 15.3. The van der Waals surface area contributed by atoms with Gasteiger partial charge in [-0.3, -0.25) is 4.90 Å². The van der Waals surface area contributed by atoms with E-state index >= 15 is 0 Å². The fraction of sp³-hybridized carbons (Fsp3) is 1.00. The number of nitrogens with zero attached hydrogens (tertiary/aromatic N) is 2. The van der Waals surface area contributed by atoms with Crippen LogP contribution in [0.4, 0.5) is 0 Å². The van der Waals surface area contributed by atoms with Crippen molar-refractivity contribution in [3.63, 3.8) is 0 Å². The van der Waals surface area contributed by atoms with Crippen LogP contribution in [0.1, 0.15) is 79.1 Å². The maximum atomic E-state index is 2.72. The Kier molecular flexibility index (Phi) is 13.8. The van der Waals surface area contributed by atoms with Crippen LogP contribution in [0.5, 0.6) is 0 Å². The van der Waals surface area contributed by atoms with E-state index in [9.17, 15) is 0 Å². The third-order valence-electron chi connectivity index (χ3n) is 4.13. The molecular formula is C18H40N2. The summed E-state index contributed by atoms with van der Waals surface area (Å²) in [6.07, 6.45) is 11.2. The van der Waals surface area contributed by atoms with Crippen molar-refractivity contribution < 1.29 is 0 Å². The highest BCUT2D eigenvalue weighted by Gasteiger charge is 2.23. The van der Waals surface area contributed by atoms with E-state index in [2.05, 4.69) is 44.5 Å². The van der Waals surface area contributed by atoms with Gasteiger partial charge >= 0.3 is 0 Å². The highest BCUT2D eigenvalue weighted by molar-refractivity contribution is 4.79. The monoisotopic (exact) mass is 284 g/mol. The van der Waals surface area contributed by atoms with Crippen molar-refractivity contribution in [2.45, 2.75) is 85.1 Å². The zero-order chi connectivity index (χ0) is 15.2. The minimum absolute atomic E-state index is 0.933. The second-order valence-electron chi connectivity index (χ2n) is 6.34. The van der Waals surface area contributed by atoms with Crippen LogP contribution in [0.2, 0.25) is 0 Å². The Morgan fingerprint density at radius 2 is 1.20 bits per heavy atom. The van der Waals surface area contributed by atoms with E-state index in [-0.39, 0.29) is 0 Å². The summed E-state index contributed by atoms with van der Waals surface area (Å²) in [4.78, 5) is 5.17. The fourth-order valence-corrected chi connectivity index (χ4v) is 2.63. The van der Waals surface area contributed by atoms with E-state index in [0.717, 1.165) is 6.04 Å². The van der Waals surface area contributed by atoms with E-state index in [1.807, 2.05) is 0 Å². The normalized spacial score (nSPS) is 21.4. The molecule has 1 saturated heterocycles. The van der Waals surface area contributed by atoms with Crippen LogP contribution in [0.3, 0.4) is 0 Å². The van der Waals surface area contributed by atoms with Crippen LogP contribution < -0.4 is 0 Å². The number of piperazine rings is 1. The lowest BCUT2D eigenvalue weighted by atomic mass is 9.94. The first-order chi connectivity index (χ1) is 9.69. The van der Waals surface area contributed by atoms with Crippen molar-refractivity contribution in [3.8, 4) is 0 Å². The Bertz CT molecular complexity index is 178. The Balaban J connectivity index is 0.000000438. The zero-order valence-electron chi connectivity index (χ0n) is 15.0. The lowest BCUT2D eigenvalue weighted by Gasteiger charge is -2.39. The first kappa shape index (κ1) is 19.9. The van der Waals surface area contributed by atoms with Gasteiger partial charge in [0.15, 0.2) is 0 Å². The van der Waals surface area contributed by atoms with E-state index in [1.54, 1.807) is 0 Å². The van der Waals surface area contributed by atoms with Crippen molar-refractivity contribution >= 4 is 0 Å². The molecule has 2 rings (SSSR count). The first-order valence-electron chi connectivity index (χ1n) is 9.12. The third kappa shape index (κ3) is 9.77. The number of hydrogen-bond acceptors (Lipinski definition) is 2. The van der Waals surface area contributed by atoms with Gasteiger partial charge in [-0.05, 0) is 19.9 Å². The summed E-state index contributed by atoms with van der Waals surface area (Å²) in [5, 5.41) is 0. The fourth-order valence-electron chi connectivity index (χ4n) is 2.63. The molecule has 0 spiro atoms. The van der Waals surface area contributed by atoms with E-state index in [4.69, 9.17) is 0 Å². The number of rotatable bonds is 2. The van der Waals surface area contributed by atoms with Crippen molar-refractivity contribution in [1.82, 2.24) is 9.80 Å². The molecule has 0 amide bonds. The van der Waals surface area contributed by atoms with Crippen LogP contribution in [-0.4, -0.2) is 49.1 Å². The quantitative estimate of drug-likeness (QED) is 0.719. The molecule has 0 aromatic heterocycles. The summed E-state index contributed by atoms with van der Waals surface area (Å²) < 4.78 is 0. The molecule has 0 bridgehead atoms. The van der Waals surface area contributed by atoms with Crippen LogP contribution in [0.15, 0.2) is 0 Å². The molecule has 2 nitrogen and oxygen atoms in total. The summed E-state index contributed by atoms with van der Waals surface area (Å²) >= 11 is 0. The topological polar surface area (TPSA) is 6.48 Å². The summed E-state index contributed by atoms with van der Waals surface area (Å²) in [6, 6.07) is 0.933. The smallest absolute Gasteiger partial charge is 0.0113 e. The molecule has 1 aliphatic carbocycles. The van der Waals surface area contributed by atoms with Crippen LogP contribution in [0, 0.1) is 0 Å². The number of unbranched alkanes of at least 4 members (excludes halogenated alkanes) is 1. The molecule has 0 N–H and O–H groups in total. The van der Waals surface area contributed by atoms with Gasteiger partial charge in [-0.1, -0.05) is 66.2 Å². The van der Waals surface area contributed by atoms with Gasteiger partial charge in [0.05, 0.1) is 0 Å². The molecule has 2 fully saturated rings. The molecule has 0 unspecified atom stereocenters. The van der Waals surface area contributed by atoms with Gasteiger partial charge in [0.1, 0.15) is 0 Å². The minimum Gasteiger partial charge on any atom is -0.304 e. The van der Waals surface area contributed by atoms with Gasteiger partial charge in [0.25, 0.3) is 0 Å². The average molecular weight is 285 g/mol. The summed E-state index contributed by atoms with van der Waals surface area (Å²) in [6.45, 7) is 13.8. The Morgan fingerprint density at radius 1 is 0.750 bits per heavy atom. The molecule has 0 aromatic rings.